The van der Waals surface area contributed by atoms with Gasteiger partial charge in [0, 0.05) is 28.4 Å². The average Bonchev–Trinajstić information content (AvgIpc) is 3.16. The number of carbonyl (C=O) groups excluding carboxylic acids is 1. The smallest absolute Gasteiger partial charge is 0.238 e. The summed E-state index contributed by atoms with van der Waals surface area (Å²) >= 11 is 0. The zero-order valence-electron chi connectivity index (χ0n) is 15.4. The second kappa shape index (κ2) is 7.54. The van der Waals surface area contributed by atoms with Gasteiger partial charge in [-0.15, -0.1) is 0 Å². The van der Waals surface area contributed by atoms with Crippen LogP contribution in [0.3, 0.4) is 0 Å². The molecule has 29 heavy (non-hydrogen) atoms. The van der Waals surface area contributed by atoms with E-state index >= 15 is 0 Å². The molecule has 0 aliphatic carbocycles. The van der Waals surface area contributed by atoms with Crippen molar-refractivity contribution in [2.75, 3.05) is 5.32 Å². The number of H-pyrrole nitrogens is 1. The van der Waals surface area contributed by atoms with Gasteiger partial charge in [0.15, 0.2) is 5.78 Å². The summed E-state index contributed by atoms with van der Waals surface area (Å²) in [6.07, 6.45) is 1.70. The number of Topliss-reactive ketones (excluding diaryl/α,β-unsaturated/α-hetero) is 1. The minimum absolute atomic E-state index is 0.0196. The third kappa shape index (κ3) is 3.91. The molecular weight excluding hydrogens is 386 g/mol. The molecule has 4 aromatic rings. The van der Waals surface area contributed by atoms with Crippen LogP contribution < -0.4 is 10.5 Å². The van der Waals surface area contributed by atoms with Crippen LogP contribution in [0, 0.1) is 0 Å². The van der Waals surface area contributed by atoms with Crippen LogP contribution in [0.15, 0.2) is 90.0 Å². The number of carbonyl (C=O) groups is 1. The first-order valence-corrected chi connectivity index (χ1v) is 10.5. The molecule has 1 atom stereocenters. The summed E-state index contributed by atoms with van der Waals surface area (Å²) in [6.45, 7) is 0. The predicted molar refractivity (Wildman–Crippen MR) is 113 cm³/mol. The lowest BCUT2D eigenvalue weighted by Gasteiger charge is -2.19. The van der Waals surface area contributed by atoms with E-state index in [9.17, 15) is 13.2 Å². The van der Waals surface area contributed by atoms with E-state index < -0.39 is 16.1 Å². The summed E-state index contributed by atoms with van der Waals surface area (Å²) in [5.41, 5.74) is 2.69. The van der Waals surface area contributed by atoms with Crippen LogP contribution >= 0.6 is 0 Å². The molecule has 0 amide bonds. The molecule has 1 heterocycles. The Kier molecular flexibility index (Phi) is 4.92. The number of primary sulfonamides is 1. The molecule has 7 heteroatoms. The fraction of sp³-hybridized carbons (Fsp3) is 0.0455. The number of fused-ring (bicyclic) bond motifs is 1. The van der Waals surface area contributed by atoms with Gasteiger partial charge in [-0.2, -0.15) is 0 Å². The number of anilines is 1. The molecule has 1 aromatic heterocycles. The van der Waals surface area contributed by atoms with Gasteiger partial charge < -0.3 is 10.3 Å². The summed E-state index contributed by atoms with van der Waals surface area (Å²) in [6, 6.07) is 22.3. The number of sulfonamides is 1. The Bertz CT molecular complexity index is 1280. The van der Waals surface area contributed by atoms with Gasteiger partial charge in [-0.05, 0) is 29.8 Å². The zero-order valence-corrected chi connectivity index (χ0v) is 16.2. The Morgan fingerprint density at radius 1 is 0.931 bits per heavy atom. The molecule has 0 saturated carbocycles. The van der Waals surface area contributed by atoms with Crippen molar-refractivity contribution in [1.82, 2.24) is 4.98 Å². The Morgan fingerprint density at radius 3 is 2.41 bits per heavy atom. The summed E-state index contributed by atoms with van der Waals surface area (Å²) in [5.74, 6) is -0.130. The molecule has 0 fully saturated rings. The Hall–Kier alpha value is -3.42. The maximum Gasteiger partial charge on any atom is 0.238 e. The number of nitrogens with one attached hydrogen (secondary N) is 2. The minimum Gasteiger partial charge on any atom is -0.371 e. The van der Waals surface area contributed by atoms with Crippen LogP contribution in [0.2, 0.25) is 0 Å². The van der Waals surface area contributed by atoms with Gasteiger partial charge in [0.25, 0.3) is 0 Å². The van der Waals surface area contributed by atoms with E-state index in [0.29, 0.717) is 11.3 Å². The molecule has 0 aliphatic rings. The molecule has 4 rings (SSSR count). The van der Waals surface area contributed by atoms with Crippen molar-refractivity contribution in [3.8, 4) is 0 Å². The molecule has 0 radical (unpaired) electrons. The number of ketones is 1. The monoisotopic (exact) mass is 405 g/mol. The molecular formula is C22H19N3O3S. The van der Waals surface area contributed by atoms with E-state index in [-0.39, 0.29) is 10.7 Å². The van der Waals surface area contributed by atoms with Crippen LogP contribution in [0.5, 0.6) is 0 Å². The topological polar surface area (TPSA) is 105 Å². The second-order valence-electron chi connectivity index (χ2n) is 6.67. The Balaban J connectivity index is 1.76. The number of rotatable bonds is 6. The predicted octanol–water partition coefficient (Wildman–Crippen LogP) is 3.85. The fourth-order valence-corrected chi connectivity index (χ4v) is 3.87. The molecule has 0 unspecified atom stereocenters. The van der Waals surface area contributed by atoms with E-state index in [4.69, 9.17) is 5.14 Å². The first kappa shape index (κ1) is 18.9. The molecule has 0 spiro atoms. The maximum atomic E-state index is 13.5. The number of hydrogen-bond donors (Lipinski definition) is 3. The number of aromatic amines is 1. The van der Waals surface area contributed by atoms with Crippen LogP contribution in [0.25, 0.3) is 10.9 Å². The van der Waals surface area contributed by atoms with Gasteiger partial charge in [0.2, 0.25) is 10.0 Å². The fourth-order valence-electron chi connectivity index (χ4n) is 3.31. The van der Waals surface area contributed by atoms with Gasteiger partial charge in [-0.25, -0.2) is 13.6 Å². The first-order chi connectivity index (χ1) is 13.9. The highest BCUT2D eigenvalue weighted by atomic mass is 32.2. The van der Waals surface area contributed by atoms with Crippen LogP contribution in [0.1, 0.15) is 22.0 Å². The summed E-state index contributed by atoms with van der Waals surface area (Å²) < 4.78 is 23.4. The number of benzene rings is 3. The van der Waals surface area contributed by atoms with Crippen molar-refractivity contribution in [2.45, 2.75) is 10.9 Å². The lowest BCUT2D eigenvalue weighted by molar-refractivity contribution is 0.0971. The van der Waals surface area contributed by atoms with Crippen LogP contribution in [-0.4, -0.2) is 19.2 Å². The number of nitrogens with two attached hydrogens (primary N) is 1. The highest BCUT2D eigenvalue weighted by Gasteiger charge is 2.24. The highest BCUT2D eigenvalue weighted by molar-refractivity contribution is 7.89. The van der Waals surface area contributed by atoms with Gasteiger partial charge in [-0.1, -0.05) is 54.6 Å². The number of para-hydroxylation sites is 1. The first-order valence-electron chi connectivity index (χ1n) is 8.98. The third-order valence-corrected chi connectivity index (χ3v) is 5.63. The summed E-state index contributed by atoms with van der Waals surface area (Å²) in [4.78, 5) is 16.6. The van der Waals surface area contributed by atoms with Crippen molar-refractivity contribution in [3.63, 3.8) is 0 Å². The highest BCUT2D eigenvalue weighted by Crippen LogP contribution is 2.28. The minimum atomic E-state index is -3.85. The van der Waals surface area contributed by atoms with Crippen molar-refractivity contribution < 1.29 is 13.2 Å². The van der Waals surface area contributed by atoms with E-state index in [1.807, 2.05) is 54.6 Å². The molecule has 0 aliphatic heterocycles. The normalized spacial score (nSPS) is 12.6. The SMILES string of the molecule is NS(=O)(=O)c1cccc(N[C@@H](C(=O)c2c[nH]c3ccccc23)c2ccccc2)c1. The largest absolute Gasteiger partial charge is 0.371 e. The molecule has 146 valence electrons. The molecule has 0 bridgehead atoms. The number of hydrogen-bond acceptors (Lipinski definition) is 4. The lowest BCUT2D eigenvalue weighted by Crippen LogP contribution is -2.21. The van der Waals surface area contributed by atoms with Gasteiger partial charge in [0.05, 0.1) is 4.90 Å². The zero-order chi connectivity index (χ0) is 20.4. The lowest BCUT2D eigenvalue weighted by atomic mass is 9.96. The van der Waals surface area contributed by atoms with Crippen molar-refractivity contribution in [1.29, 1.82) is 0 Å². The third-order valence-electron chi connectivity index (χ3n) is 4.72. The van der Waals surface area contributed by atoms with Crippen LogP contribution in [0.4, 0.5) is 5.69 Å². The maximum absolute atomic E-state index is 13.5. The van der Waals surface area contributed by atoms with Gasteiger partial charge in [-0.3, -0.25) is 4.79 Å². The van der Waals surface area contributed by atoms with E-state index in [0.717, 1.165) is 16.5 Å². The molecule has 3 aromatic carbocycles. The van der Waals surface area contributed by atoms with E-state index in [2.05, 4.69) is 10.3 Å². The second-order valence-corrected chi connectivity index (χ2v) is 8.23. The quantitative estimate of drug-likeness (QED) is 0.424. The molecule has 4 N–H and O–H groups in total. The van der Waals surface area contributed by atoms with Gasteiger partial charge in [0.1, 0.15) is 6.04 Å². The summed E-state index contributed by atoms with van der Waals surface area (Å²) in [7, 11) is -3.85. The van der Waals surface area contributed by atoms with Crippen molar-refractivity contribution >= 4 is 32.4 Å². The Labute approximate surface area is 168 Å². The van der Waals surface area contributed by atoms with Crippen molar-refractivity contribution in [2.24, 2.45) is 5.14 Å². The van der Waals surface area contributed by atoms with E-state index in [1.54, 1.807) is 18.3 Å². The molecule has 6 nitrogen and oxygen atoms in total. The Morgan fingerprint density at radius 2 is 1.66 bits per heavy atom. The van der Waals surface area contributed by atoms with Gasteiger partial charge >= 0.3 is 0 Å². The van der Waals surface area contributed by atoms with Crippen LogP contribution in [-0.2, 0) is 10.0 Å². The average molecular weight is 405 g/mol. The molecule has 0 saturated heterocycles. The summed E-state index contributed by atoms with van der Waals surface area (Å²) in [5, 5.41) is 9.25. The number of aromatic nitrogens is 1. The standard InChI is InChI=1S/C22H19N3O3S/c23-29(27,28)17-10-6-9-16(13-17)25-21(15-7-2-1-3-8-15)22(26)19-14-24-20-12-5-4-11-18(19)20/h1-14,21,24-25H,(H2,23,27,28)/t21-/m1/s1. The van der Waals surface area contributed by atoms with E-state index in [1.165, 1.54) is 12.1 Å². The van der Waals surface area contributed by atoms with Crippen molar-refractivity contribution in [3.05, 3.63) is 96.2 Å².